The van der Waals surface area contributed by atoms with E-state index >= 15 is 0 Å². The molecule has 3 fully saturated rings. The van der Waals surface area contributed by atoms with Crippen molar-refractivity contribution >= 4 is 0 Å². The molecule has 0 aromatic carbocycles. The van der Waals surface area contributed by atoms with Crippen molar-refractivity contribution in [1.82, 2.24) is 0 Å². The highest BCUT2D eigenvalue weighted by Crippen LogP contribution is 2.43. The van der Waals surface area contributed by atoms with Crippen LogP contribution in [0.2, 0.25) is 0 Å². The van der Waals surface area contributed by atoms with Gasteiger partial charge in [0.2, 0.25) is 5.79 Å². The van der Waals surface area contributed by atoms with Crippen LogP contribution in [0.4, 0.5) is 0 Å². The molecule has 0 bridgehead atoms. The molecule has 3 heterocycles. The predicted molar refractivity (Wildman–Crippen MR) is 182 cm³/mol. The fourth-order valence-corrected chi connectivity index (χ4v) is 7.53. The molecule has 15 heteroatoms. The molecule has 6 N–H and O–H groups in total. The molecular weight excluding hydrogens is 672 g/mol. The summed E-state index contributed by atoms with van der Waals surface area (Å²) in [6.45, 7) is 8.83. The molecule has 0 aliphatic carbocycles. The number of methoxy groups -OCH3 is 4. The van der Waals surface area contributed by atoms with Gasteiger partial charge in [-0.1, -0.05) is 13.8 Å². The molecule has 298 valence electrons. The zero-order chi connectivity index (χ0) is 38.0. The highest BCUT2D eigenvalue weighted by atomic mass is 16.7. The topological polar surface area (TPSA) is 204 Å². The van der Waals surface area contributed by atoms with Crippen molar-refractivity contribution in [1.29, 1.82) is 0 Å². The third kappa shape index (κ3) is 11.0. The number of hydrogen-bond donors (Lipinski definition) is 6. The molecule has 0 spiro atoms. The van der Waals surface area contributed by atoms with E-state index in [4.69, 9.17) is 42.6 Å². The Morgan fingerprint density at radius 1 is 0.882 bits per heavy atom. The van der Waals surface area contributed by atoms with Gasteiger partial charge in [-0.3, -0.25) is 0 Å². The lowest BCUT2D eigenvalue weighted by molar-refractivity contribution is -0.373. The lowest BCUT2D eigenvalue weighted by atomic mass is 9.76. The highest BCUT2D eigenvalue weighted by Gasteiger charge is 2.57. The first-order chi connectivity index (χ1) is 24.2. The van der Waals surface area contributed by atoms with E-state index in [1.165, 1.54) is 28.4 Å². The summed E-state index contributed by atoms with van der Waals surface area (Å²) in [7, 11) is 5.79. The Hall–Kier alpha value is -1.04. The van der Waals surface area contributed by atoms with E-state index in [2.05, 4.69) is 11.8 Å². The molecule has 0 saturated carbocycles. The maximum atomic E-state index is 11.6. The summed E-state index contributed by atoms with van der Waals surface area (Å²) < 4.78 is 53.0. The lowest BCUT2D eigenvalue weighted by Crippen LogP contribution is -2.66. The largest absolute Gasteiger partial charge is 0.392 e. The third-order valence-electron chi connectivity index (χ3n) is 10.7. The van der Waals surface area contributed by atoms with Crippen LogP contribution in [-0.4, -0.2) is 163 Å². The average molecular weight is 737 g/mol. The van der Waals surface area contributed by atoms with E-state index in [1.807, 2.05) is 6.92 Å². The number of aliphatic hydroxyl groups is 6. The van der Waals surface area contributed by atoms with Crippen LogP contribution >= 0.6 is 0 Å². The number of aliphatic hydroxyl groups excluding tert-OH is 6. The van der Waals surface area contributed by atoms with Gasteiger partial charge in [-0.2, -0.15) is 0 Å². The molecule has 0 amide bonds. The number of hydrogen-bond acceptors (Lipinski definition) is 15. The van der Waals surface area contributed by atoms with E-state index < -0.39 is 110 Å². The summed E-state index contributed by atoms with van der Waals surface area (Å²) in [5, 5.41) is 66.3. The van der Waals surface area contributed by atoms with Crippen LogP contribution in [0.15, 0.2) is 0 Å². The summed E-state index contributed by atoms with van der Waals surface area (Å²) in [6, 6.07) is 0. The molecule has 3 rings (SSSR count). The minimum atomic E-state index is -1.82. The third-order valence-corrected chi connectivity index (χ3v) is 10.7. The van der Waals surface area contributed by atoms with Gasteiger partial charge in [-0.05, 0) is 27.2 Å². The van der Waals surface area contributed by atoms with Crippen LogP contribution in [0, 0.1) is 23.7 Å². The molecule has 0 radical (unpaired) electrons. The van der Waals surface area contributed by atoms with Crippen molar-refractivity contribution < 1.29 is 73.3 Å². The minimum Gasteiger partial charge on any atom is -0.392 e. The summed E-state index contributed by atoms with van der Waals surface area (Å²) in [4.78, 5) is 0. The van der Waals surface area contributed by atoms with E-state index in [0.29, 0.717) is 12.8 Å². The van der Waals surface area contributed by atoms with Gasteiger partial charge in [0.15, 0.2) is 12.6 Å². The van der Waals surface area contributed by atoms with Gasteiger partial charge in [0, 0.05) is 72.4 Å². The first-order valence-corrected chi connectivity index (χ1v) is 18.0. The van der Waals surface area contributed by atoms with Crippen molar-refractivity contribution in [2.75, 3.05) is 35.0 Å². The van der Waals surface area contributed by atoms with Crippen LogP contribution in [0.25, 0.3) is 0 Å². The average Bonchev–Trinajstić information content (AvgIpc) is 3.10. The maximum absolute atomic E-state index is 11.6. The molecule has 15 nitrogen and oxygen atoms in total. The van der Waals surface area contributed by atoms with Gasteiger partial charge in [0.1, 0.15) is 18.3 Å². The van der Waals surface area contributed by atoms with E-state index in [0.717, 1.165) is 0 Å². The van der Waals surface area contributed by atoms with Gasteiger partial charge < -0.3 is 73.3 Å². The van der Waals surface area contributed by atoms with Crippen molar-refractivity contribution in [2.45, 2.75) is 171 Å². The Morgan fingerprint density at radius 2 is 1.57 bits per heavy atom. The molecular formula is C36H64O15. The zero-order valence-corrected chi connectivity index (χ0v) is 31.6. The van der Waals surface area contributed by atoms with Gasteiger partial charge in [0.25, 0.3) is 0 Å². The van der Waals surface area contributed by atoms with Gasteiger partial charge >= 0.3 is 0 Å². The maximum Gasteiger partial charge on any atom is 0.202 e. The number of ether oxygens (including phenoxy) is 9. The second kappa shape index (κ2) is 20.6. The van der Waals surface area contributed by atoms with Crippen LogP contribution in [0.5, 0.6) is 0 Å². The van der Waals surface area contributed by atoms with Crippen LogP contribution in [0.1, 0.15) is 73.1 Å². The Kier molecular flexibility index (Phi) is 17.9. The molecule has 0 aromatic rings. The summed E-state index contributed by atoms with van der Waals surface area (Å²) >= 11 is 0. The molecule has 3 aliphatic heterocycles. The zero-order valence-electron chi connectivity index (χ0n) is 31.6. The minimum absolute atomic E-state index is 0.0824. The Labute approximate surface area is 302 Å². The number of rotatable bonds is 18. The lowest BCUT2D eigenvalue weighted by Gasteiger charge is -2.53. The van der Waals surface area contributed by atoms with Gasteiger partial charge in [0.05, 0.1) is 67.6 Å². The van der Waals surface area contributed by atoms with E-state index in [-0.39, 0.29) is 32.3 Å². The van der Waals surface area contributed by atoms with Crippen LogP contribution in [0.3, 0.4) is 0 Å². The smallest absolute Gasteiger partial charge is 0.202 e. The van der Waals surface area contributed by atoms with Crippen LogP contribution in [-0.2, 0) is 42.6 Å². The van der Waals surface area contributed by atoms with Crippen molar-refractivity contribution in [2.24, 2.45) is 11.8 Å². The SMILES string of the molecule is CC#CCC[C@H](O)[C@H](C[C@H](O)[C@@H](O)[C@]1(OC)O[C@H](C[C@H](COC)O[C@H]2C[C@H](O)[C@@H](O[C@H]3C[C@@H](OC)[C@H](O)[C@@H](C)O3)[C@H](C)O2)[C@H](C)[C@H](O)[C@H]1C)OC. The normalized spacial score (nSPS) is 40.5. The fraction of sp³-hybridized carbons (Fsp3) is 0.944. The monoisotopic (exact) mass is 736 g/mol. The Bertz CT molecular complexity index is 1060. The van der Waals surface area contributed by atoms with Gasteiger partial charge in [-0.15, -0.1) is 11.8 Å². The quantitative estimate of drug-likeness (QED) is 0.106. The molecule has 18 atom stereocenters. The summed E-state index contributed by atoms with van der Waals surface area (Å²) in [6.07, 6.45) is -11.6. The molecule has 3 aliphatic rings. The Morgan fingerprint density at radius 3 is 2.16 bits per heavy atom. The summed E-state index contributed by atoms with van der Waals surface area (Å²) in [5.41, 5.74) is 0. The first-order valence-electron chi connectivity index (χ1n) is 18.0. The second-order valence-electron chi connectivity index (χ2n) is 14.2. The molecule has 0 unspecified atom stereocenters. The van der Waals surface area contributed by atoms with E-state index in [1.54, 1.807) is 27.7 Å². The highest BCUT2D eigenvalue weighted by molar-refractivity contribution is 5.01. The van der Waals surface area contributed by atoms with Gasteiger partial charge in [-0.25, -0.2) is 0 Å². The standard InChI is InChI=1S/C36H64O15/c1-10-11-12-13-24(37)28(44-7)15-26(39)35(42)36(46-9)20(3)32(40)19(2)27(51-36)14-23(18-43-6)49-30-16-25(38)34(22(5)48-30)50-31-17-29(45-8)33(41)21(4)47-31/h19-35,37-42H,12-18H2,1-9H3/t19-,20+,21+,22-,23+,24-,25-,26-,27+,28-,29+,30-,31-,32-,33+,34-,35+,36+/m0/s1. The van der Waals surface area contributed by atoms with Crippen molar-refractivity contribution in [3.63, 3.8) is 0 Å². The first kappa shape index (κ1) is 44.4. The Balaban J connectivity index is 1.69. The van der Waals surface area contributed by atoms with Crippen molar-refractivity contribution in [3.8, 4) is 11.8 Å². The summed E-state index contributed by atoms with van der Waals surface area (Å²) in [5.74, 6) is 2.64. The second-order valence-corrected chi connectivity index (χ2v) is 14.2. The fourth-order valence-electron chi connectivity index (χ4n) is 7.53. The van der Waals surface area contributed by atoms with E-state index in [9.17, 15) is 30.6 Å². The molecule has 0 aromatic heterocycles. The van der Waals surface area contributed by atoms with Crippen LogP contribution < -0.4 is 0 Å². The molecule has 51 heavy (non-hydrogen) atoms. The predicted octanol–water partition coefficient (Wildman–Crippen LogP) is 0.466. The van der Waals surface area contributed by atoms with Crippen molar-refractivity contribution in [3.05, 3.63) is 0 Å². The molecule has 3 saturated heterocycles.